The molecule has 32 heavy (non-hydrogen) atoms. The molecule has 1 fully saturated rings. The minimum Gasteiger partial charge on any atom is -0.508 e. The van der Waals surface area contributed by atoms with Gasteiger partial charge in [-0.05, 0) is 40.8 Å². The number of aromatic hydroxyl groups is 1. The number of hydrogen-bond donors (Lipinski definition) is 1. The molecular formula is C24H20BrNO6. The largest absolute Gasteiger partial charge is 0.508 e. The first-order valence-corrected chi connectivity index (χ1v) is 11.1. The van der Waals surface area contributed by atoms with Gasteiger partial charge < -0.3 is 9.84 Å². The maximum absolute atomic E-state index is 13.1. The number of rotatable bonds is 2. The van der Waals surface area contributed by atoms with Crippen LogP contribution in [0, 0.1) is 17.8 Å². The standard InChI is InChI=1S/C24H20BrNO6/c1-26-23(30)13-6-5-11-14(20(13)24(26)31)8-15-21(17(28)9-16(25)22(15)29)19(11)12-4-3-10(27)7-18(12)32-2/h3-5,7,9,13-14,19-20,27H,6,8H2,1-2H3/t13-,14+,19+,20-/m0/s1. The van der Waals surface area contributed by atoms with Crippen LogP contribution in [0.3, 0.4) is 0 Å². The summed E-state index contributed by atoms with van der Waals surface area (Å²) in [5, 5.41) is 9.95. The predicted molar refractivity (Wildman–Crippen MR) is 117 cm³/mol. The van der Waals surface area contributed by atoms with E-state index in [0.29, 0.717) is 28.9 Å². The fourth-order valence-corrected chi connectivity index (χ4v) is 6.11. The van der Waals surface area contributed by atoms with Gasteiger partial charge in [-0.15, -0.1) is 0 Å². The Hall–Kier alpha value is -3.00. The first-order valence-electron chi connectivity index (χ1n) is 10.3. The molecule has 164 valence electrons. The van der Waals surface area contributed by atoms with Crippen molar-refractivity contribution in [2.45, 2.75) is 18.8 Å². The van der Waals surface area contributed by atoms with Crippen molar-refractivity contribution in [3.8, 4) is 11.5 Å². The molecule has 1 aromatic rings. The molecule has 1 N–H and O–H groups in total. The number of carbonyl (C=O) groups is 4. The van der Waals surface area contributed by atoms with Gasteiger partial charge in [-0.1, -0.05) is 17.7 Å². The van der Waals surface area contributed by atoms with E-state index in [-0.39, 0.29) is 46.0 Å². The number of Topliss-reactive ketones (excluding diaryl/α,β-unsaturated/α-hetero) is 1. The van der Waals surface area contributed by atoms with Crippen LogP contribution in [0.1, 0.15) is 24.3 Å². The number of phenolic OH excluding ortho intramolecular Hbond substituents is 1. The van der Waals surface area contributed by atoms with Gasteiger partial charge in [0.2, 0.25) is 11.8 Å². The lowest BCUT2D eigenvalue weighted by Crippen LogP contribution is -2.39. The second kappa shape index (κ2) is 7.27. The van der Waals surface area contributed by atoms with Gasteiger partial charge >= 0.3 is 0 Å². The van der Waals surface area contributed by atoms with Crippen molar-refractivity contribution in [1.29, 1.82) is 0 Å². The molecule has 0 bridgehead atoms. The van der Waals surface area contributed by atoms with Crippen molar-refractivity contribution in [2.24, 2.45) is 17.8 Å². The van der Waals surface area contributed by atoms with Gasteiger partial charge in [0.05, 0.1) is 23.4 Å². The zero-order valence-corrected chi connectivity index (χ0v) is 19.0. The number of carbonyl (C=O) groups excluding carboxylic acids is 4. The molecule has 2 amide bonds. The number of benzene rings is 1. The average Bonchev–Trinajstić information content (AvgIpc) is 3.00. The first kappa shape index (κ1) is 20.9. The Morgan fingerprint density at radius 1 is 1.12 bits per heavy atom. The van der Waals surface area contributed by atoms with Crippen LogP contribution < -0.4 is 4.74 Å². The SMILES string of the molecule is COc1cc(O)ccc1[C@H]1C2=CC[C@@H]3C(=O)N(C)C(=O)[C@@H]3[C@@H]2CC2=C1C(=O)C=C(Br)C2=O. The maximum atomic E-state index is 13.1. The van der Waals surface area contributed by atoms with Crippen LogP contribution >= 0.6 is 15.9 Å². The van der Waals surface area contributed by atoms with Gasteiger partial charge in [-0.2, -0.15) is 0 Å². The van der Waals surface area contributed by atoms with E-state index in [4.69, 9.17) is 4.74 Å². The molecule has 1 aliphatic heterocycles. The Morgan fingerprint density at radius 3 is 2.59 bits per heavy atom. The topological polar surface area (TPSA) is 101 Å². The normalized spacial score (nSPS) is 29.4. The summed E-state index contributed by atoms with van der Waals surface area (Å²) in [4.78, 5) is 53.1. The van der Waals surface area contributed by atoms with Crippen molar-refractivity contribution < 1.29 is 29.0 Å². The number of hydrogen-bond acceptors (Lipinski definition) is 6. The summed E-state index contributed by atoms with van der Waals surface area (Å²) in [7, 11) is 2.96. The highest BCUT2D eigenvalue weighted by molar-refractivity contribution is 9.12. The van der Waals surface area contributed by atoms with Gasteiger partial charge in [0, 0.05) is 41.8 Å². The van der Waals surface area contributed by atoms with Crippen LogP contribution in [0.15, 0.2) is 51.6 Å². The molecule has 1 saturated heterocycles. The number of fused-ring (bicyclic) bond motifs is 3. The Bertz CT molecular complexity index is 1210. The molecule has 4 aliphatic rings. The van der Waals surface area contributed by atoms with E-state index in [1.165, 1.54) is 37.3 Å². The van der Waals surface area contributed by atoms with Crippen LogP contribution in [0.2, 0.25) is 0 Å². The number of amides is 2. The van der Waals surface area contributed by atoms with Crippen LogP contribution in [0.4, 0.5) is 0 Å². The van der Waals surface area contributed by atoms with Crippen molar-refractivity contribution in [3.63, 3.8) is 0 Å². The third-order valence-corrected chi connectivity index (χ3v) is 7.67. The van der Waals surface area contributed by atoms with Crippen molar-refractivity contribution in [3.05, 3.63) is 57.1 Å². The van der Waals surface area contributed by atoms with Crippen molar-refractivity contribution in [1.82, 2.24) is 4.90 Å². The smallest absolute Gasteiger partial charge is 0.233 e. The number of allylic oxidation sites excluding steroid dienone is 6. The molecule has 1 heterocycles. The molecule has 4 atom stereocenters. The van der Waals surface area contributed by atoms with E-state index >= 15 is 0 Å². The minimum absolute atomic E-state index is 0.0109. The number of methoxy groups -OCH3 is 1. The van der Waals surface area contributed by atoms with E-state index in [9.17, 15) is 24.3 Å². The second-order valence-corrected chi connectivity index (χ2v) is 9.41. The van der Waals surface area contributed by atoms with Crippen molar-refractivity contribution in [2.75, 3.05) is 14.2 Å². The van der Waals surface area contributed by atoms with Crippen LogP contribution in [-0.4, -0.2) is 47.5 Å². The lowest BCUT2D eigenvalue weighted by atomic mass is 9.59. The average molecular weight is 498 g/mol. The van der Waals surface area contributed by atoms with E-state index in [1.54, 1.807) is 6.07 Å². The lowest BCUT2D eigenvalue weighted by molar-refractivity contribution is -0.138. The third kappa shape index (κ3) is 2.78. The number of likely N-dealkylation sites (tertiary alicyclic amines) is 1. The summed E-state index contributed by atoms with van der Waals surface area (Å²) in [6, 6.07) is 4.65. The van der Waals surface area contributed by atoms with E-state index in [0.717, 1.165) is 5.57 Å². The molecule has 3 aliphatic carbocycles. The number of phenols is 1. The Morgan fingerprint density at radius 2 is 1.88 bits per heavy atom. The molecule has 0 saturated carbocycles. The summed E-state index contributed by atoms with van der Waals surface area (Å²) < 4.78 is 5.69. The summed E-state index contributed by atoms with van der Waals surface area (Å²) >= 11 is 3.20. The van der Waals surface area contributed by atoms with Crippen LogP contribution in [-0.2, 0) is 19.2 Å². The lowest BCUT2D eigenvalue weighted by Gasteiger charge is -2.42. The molecule has 1 aromatic carbocycles. The van der Waals surface area contributed by atoms with Gasteiger partial charge in [-0.25, -0.2) is 0 Å². The van der Waals surface area contributed by atoms with Crippen molar-refractivity contribution >= 4 is 39.3 Å². The molecule has 5 rings (SSSR count). The molecule has 0 aromatic heterocycles. The number of ketones is 2. The van der Waals surface area contributed by atoms with Gasteiger partial charge in [0.1, 0.15) is 11.5 Å². The molecule has 0 radical (unpaired) electrons. The number of imide groups is 1. The van der Waals surface area contributed by atoms with E-state index in [1.807, 2.05) is 6.08 Å². The Kier molecular flexibility index (Phi) is 4.74. The quantitative estimate of drug-likeness (QED) is 0.383. The highest BCUT2D eigenvalue weighted by Gasteiger charge is 2.55. The number of nitrogens with zero attached hydrogens (tertiary/aromatic N) is 1. The summed E-state index contributed by atoms with van der Waals surface area (Å²) in [6.45, 7) is 0. The summed E-state index contributed by atoms with van der Waals surface area (Å²) in [5.74, 6) is -2.65. The van der Waals surface area contributed by atoms with Crippen LogP contribution in [0.5, 0.6) is 11.5 Å². The first-order chi connectivity index (χ1) is 15.2. The van der Waals surface area contributed by atoms with Gasteiger partial charge in [0.15, 0.2) is 11.6 Å². The zero-order valence-electron chi connectivity index (χ0n) is 17.4. The molecule has 7 nitrogen and oxygen atoms in total. The van der Waals surface area contributed by atoms with Crippen LogP contribution in [0.25, 0.3) is 0 Å². The van der Waals surface area contributed by atoms with Gasteiger partial charge in [0.25, 0.3) is 0 Å². The molecular weight excluding hydrogens is 478 g/mol. The highest BCUT2D eigenvalue weighted by Crippen LogP contribution is 2.56. The summed E-state index contributed by atoms with van der Waals surface area (Å²) in [6.07, 6.45) is 3.85. The molecule has 0 unspecified atom stereocenters. The Labute approximate surface area is 192 Å². The fourth-order valence-electron chi connectivity index (χ4n) is 5.66. The zero-order chi connectivity index (χ0) is 22.9. The van der Waals surface area contributed by atoms with Gasteiger partial charge in [-0.3, -0.25) is 24.1 Å². The Balaban J connectivity index is 1.74. The molecule has 8 heteroatoms. The fraction of sp³-hybridized carbons (Fsp3) is 0.333. The second-order valence-electron chi connectivity index (χ2n) is 8.56. The minimum atomic E-state index is -0.609. The third-order valence-electron chi connectivity index (χ3n) is 7.08. The molecule has 0 spiro atoms. The maximum Gasteiger partial charge on any atom is 0.233 e. The highest BCUT2D eigenvalue weighted by atomic mass is 79.9. The summed E-state index contributed by atoms with van der Waals surface area (Å²) in [5.41, 5.74) is 2.21. The number of ether oxygens (including phenoxy) is 1. The van der Waals surface area contributed by atoms with E-state index in [2.05, 4.69) is 15.9 Å². The predicted octanol–water partition coefficient (Wildman–Crippen LogP) is 2.79. The van der Waals surface area contributed by atoms with E-state index < -0.39 is 17.8 Å². The monoisotopic (exact) mass is 497 g/mol. The number of halogens is 1.